The van der Waals surface area contributed by atoms with Gasteiger partial charge < -0.3 is 33.8 Å². The summed E-state index contributed by atoms with van der Waals surface area (Å²) in [5.41, 5.74) is 0. The van der Waals surface area contributed by atoms with Crippen LogP contribution in [0.25, 0.3) is 0 Å². The Bertz CT molecular complexity index is 1750. The maximum Gasteiger partial charge on any atom is 0.472 e. The Kier molecular flexibility index (Phi) is 57.6. The number of unbranched alkanes of at least 4 members (excludes halogenated alkanes) is 32. The minimum absolute atomic E-state index is 0.105. The first-order valence-electron chi connectivity index (χ1n) is 35.7. The SMILES string of the molecule is CC(C)CCCCCCCCCCCCCCC(=O)O[C@H](COC(=O)CCCCCCCCCC(C)C)COP(=O)(O)OCC(O)COP(=O)(O)OC[C@@H](COC(=O)CCCCCCCCC(C)C)OC(=O)CCCCCCCCCCCCCC(C)C. The molecule has 88 heavy (non-hydrogen) atoms. The molecule has 3 unspecified atom stereocenters. The lowest BCUT2D eigenvalue weighted by atomic mass is 10.0. The number of carbonyl (C=O) groups excluding carboxylic acids is 4. The van der Waals surface area contributed by atoms with Crippen molar-refractivity contribution >= 4 is 39.5 Å². The molecule has 0 aromatic heterocycles. The smallest absolute Gasteiger partial charge is 0.462 e. The van der Waals surface area contributed by atoms with Crippen LogP contribution < -0.4 is 0 Å². The van der Waals surface area contributed by atoms with Gasteiger partial charge in [-0.25, -0.2) is 9.13 Å². The van der Waals surface area contributed by atoms with Gasteiger partial charge in [0.05, 0.1) is 26.4 Å². The van der Waals surface area contributed by atoms with E-state index in [0.29, 0.717) is 37.5 Å². The summed E-state index contributed by atoms with van der Waals surface area (Å²) >= 11 is 0. The summed E-state index contributed by atoms with van der Waals surface area (Å²) in [6.07, 6.45) is 40.5. The number of phosphoric ester groups is 2. The van der Waals surface area contributed by atoms with E-state index in [1.165, 1.54) is 128 Å². The van der Waals surface area contributed by atoms with Crippen LogP contribution >= 0.6 is 15.6 Å². The monoisotopic (exact) mass is 1300 g/mol. The molecule has 0 saturated carbocycles. The van der Waals surface area contributed by atoms with E-state index in [4.69, 9.17) is 37.0 Å². The fourth-order valence-electron chi connectivity index (χ4n) is 10.3. The van der Waals surface area contributed by atoms with Gasteiger partial charge in [-0.3, -0.25) is 37.3 Å². The van der Waals surface area contributed by atoms with Crippen LogP contribution in [0.2, 0.25) is 0 Å². The Morgan fingerprint density at radius 1 is 0.284 bits per heavy atom. The molecule has 0 aliphatic carbocycles. The number of ether oxygens (including phenoxy) is 4. The topological polar surface area (TPSA) is 237 Å². The molecule has 0 fully saturated rings. The molecule has 0 rings (SSSR count). The summed E-state index contributed by atoms with van der Waals surface area (Å²) in [7, 11) is -9.90. The van der Waals surface area contributed by atoms with Crippen LogP contribution in [0.4, 0.5) is 0 Å². The zero-order valence-corrected chi connectivity index (χ0v) is 59.1. The van der Waals surface area contributed by atoms with Crippen LogP contribution in [0.3, 0.4) is 0 Å². The van der Waals surface area contributed by atoms with Crippen molar-refractivity contribution in [3.63, 3.8) is 0 Å². The van der Waals surface area contributed by atoms with Crippen molar-refractivity contribution in [1.82, 2.24) is 0 Å². The largest absolute Gasteiger partial charge is 0.472 e. The Morgan fingerprint density at radius 2 is 0.477 bits per heavy atom. The van der Waals surface area contributed by atoms with Crippen LogP contribution in [0.1, 0.15) is 338 Å². The second-order valence-corrected chi connectivity index (χ2v) is 29.7. The third-order valence-electron chi connectivity index (χ3n) is 15.8. The number of carbonyl (C=O) groups is 4. The quantitative estimate of drug-likeness (QED) is 0.0222. The first-order chi connectivity index (χ1) is 42.1. The van der Waals surface area contributed by atoms with Crippen LogP contribution in [-0.2, 0) is 65.4 Å². The van der Waals surface area contributed by atoms with Gasteiger partial charge in [0.25, 0.3) is 0 Å². The zero-order valence-electron chi connectivity index (χ0n) is 57.3. The second-order valence-electron chi connectivity index (χ2n) is 26.8. The summed E-state index contributed by atoms with van der Waals surface area (Å²) in [5, 5.41) is 10.6. The van der Waals surface area contributed by atoms with Crippen LogP contribution in [0.15, 0.2) is 0 Å². The molecule has 3 N–H and O–H groups in total. The van der Waals surface area contributed by atoms with Crippen LogP contribution in [0, 0.1) is 23.7 Å². The van der Waals surface area contributed by atoms with Gasteiger partial charge in [-0.15, -0.1) is 0 Å². The molecule has 0 radical (unpaired) electrons. The molecule has 0 aromatic carbocycles. The number of hydrogen-bond acceptors (Lipinski definition) is 15. The van der Waals surface area contributed by atoms with E-state index in [9.17, 15) is 43.2 Å². The third-order valence-corrected chi connectivity index (χ3v) is 17.7. The van der Waals surface area contributed by atoms with Gasteiger partial charge in [-0.05, 0) is 49.4 Å². The molecule has 0 spiro atoms. The fourth-order valence-corrected chi connectivity index (χ4v) is 11.9. The zero-order chi connectivity index (χ0) is 65.4. The minimum atomic E-state index is -4.95. The summed E-state index contributed by atoms with van der Waals surface area (Å²) in [5.74, 6) is 0.793. The van der Waals surface area contributed by atoms with Crippen LogP contribution in [-0.4, -0.2) is 96.7 Å². The second kappa shape index (κ2) is 58.8. The number of hydrogen-bond donors (Lipinski definition) is 3. The number of rotatable bonds is 66. The van der Waals surface area contributed by atoms with E-state index in [2.05, 4.69) is 55.4 Å². The Balaban J connectivity index is 5.24. The van der Waals surface area contributed by atoms with E-state index in [0.717, 1.165) is 115 Å². The van der Waals surface area contributed by atoms with E-state index >= 15 is 0 Å². The van der Waals surface area contributed by atoms with Gasteiger partial charge in [0.2, 0.25) is 0 Å². The van der Waals surface area contributed by atoms with Crippen molar-refractivity contribution in [3.05, 3.63) is 0 Å². The summed E-state index contributed by atoms with van der Waals surface area (Å²) < 4.78 is 68.2. The first kappa shape index (κ1) is 86.1. The molecule has 19 heteroatoms. The molecule has 0 aliphatic rings. The number of esters is 4. The molecule has 0 saturated heterocycles. The highest BCUT2D eigenvalue weighted by Crippen LogP contribution is 2.45. The molecule has 0 aromatic rings. The first-order valence-corrected chi connectivity index (χ1v) is 38.7. The summed E-state index contributed by atoms with van der Waals surface area (Å²) in [6, 6.07) is 0. The average molecular weight is 1300 g/mol. The molecular weight excluding hydrogens is 1160 g/mol. The highest BCUT2D eigenvalue weighted by Gasteiger charge is 2.30. The van der Waals surface area contributed by atoms with Crippen molar-refractivity contribution in [2.45, 2.75) is 356 Å². The van der Waals surface area contributed by atoms with Crippen molar-refractivity contribution < 1.29 is 80.2 Å². The van der Waals surface area contributed by atoms with Gasteiger partial charge in [0.1, 0.15) is 19.3 Å². The van der Waals surface area contributed by atoms with E-state index in [1.807, 2.05) is 0 Å². The number of phosphoric acid groups is 2. The standard InChI is InChI=1S/C69H134O17P2/c1-59(2)45-37-29-21-16-12-9-10-14-18-24-35-43-51-68(73)85-64(55-79-66(71)49-41-33-26-20-23-31-39-47-61(5)6)57-83-87(75,76)81-53-63(70)54-82-88(77,78)84-58-65(56-80-67(72)50-42-34-28-27-32-40-48-62(7)8)86-69(74)52-44-36-25-19-15-11-13-17-22-30-38-46-60(3)4/h59-65,70H,9-58H2,1-8H3,(H,75,76)(H,77,78)/t63?,64-,65-/m1/s1. The highest BCUT2D eigenvalue weighted by molar-refractivity contribution is 7.47. The van der Waals surface area contributed by atoms with E-state index in [1.54, 1.807) is 0 Å². The van der Waals surface area contributed by atoms with Gasteiger partial charge >= 0.3 is 39.5 Å². The van der Waals surface area contributed by atoms with Crippen molar-refractivity contribution in [2.24, 2.45) is 23.7 Å². The third kappa shape index (κ3) is 62.8. The Morgan fingerprint density at radius 3 is 0.705 bits per heavy atom. The predicted octanol–water partition coefficient (Wildman–Crippen LogP) is 19.3. The maximum absolute atomic E-state index is 13.0. The van der Waals surface area contributed by atoms with E-state index < -0.39 is 97.5 Å². The van der Waals surface area contributed by atoms with E-state index in [-0.39, 0.29) is 25.7 Å². The Hall–Kier alpha value is -1.94. The number of aliphatic hydroxyl groups is 1. The maximum atomic E-state index is 13.0. The Labute approximate surface area is 537 Å². The van der Waals surface area contributed by atoms with Crippen molar-refractivity contribution in [1.29, 1.82) is 0 Å². The normalized spacial score (nSPS) is 14.3. The lowest BCUT2D eigenvalue weighted by Gasteiger charge is -2.21. The minimum Gasteiger partial charge on any atom is -0.462 e. The average Bonchev–Trinajstić information content (AvgIpc) is 3.62. The van der Waals surface area contributed by atoms with Gasteiger partial charge in [0.15, 0.2) is 12.2 Å². The molecule has 522 valence electrons. The predicted molar refractivity (Wildman–Crippen MR) is 354 cm³/mol. The molecule has 0 amide bonds. The lowest BCUT2D eigenvalue weighted by molar-refractivity contribution is -0.161. The fraction of sp³-hybridized carbons (Fsp3) is 0.942. The molecular formula is C69H134O17P2. The molecule has 17 nitrogen and oxygen atoms in total. The van der Waals surface area contributed by atoms with Gasteiger partial charge in [-0.2, -0.15) is 0 Å². The lowest BCUT2D eigenvalue weighted by Crippen LogP contribution is -2.30. The van der Waals surface area contributed by atoms with Crippen molar-refractivity contribution in [2.75, 3.05) is 39.6 Å². The summed E-state index contributed by atoms with van der Waals surface area (Å²) in [4.78, 5) is 72.4. The van der Waals surface area contributed by atoms with Gasteiger partial charge in [0, 0.05) is 25.7 Å². The molecule has 0 heterocycles. The molecule has 5 atom stereocenters. The number of aliphatic hydroxyl groups excluding tert-OH is 1. The summed E-state index contributed by atoms with van der Waals surface area (Å²) in [6.45, 7) is 14.0. The van der Waals surface area contributed by atoms with Crippen molar-refractivity contribution in [3.8, 4) is 0 Å². The van der Waals surface area contributed by atoms with Crippen LogP contribution in [0.5, 0.6) is 0 Å². The molecule has 0 bridgehead atoms. The highest BCUT2D eigenvalue weighted by atomic mass is 31.2. The van der Waals surface area contributed by atoms with Gasteiger partial charge in [-0.1, -0.05) is 287 Å². The molecule has 0 aliphatic heterocycles.